The van der Waals surface area contributed by atoms with Crippen LogP contribution >= 0.6 is 0 Å². The van der Waals surface area contributed by atoms with Gasteiger partial charge in [0.15, 0.2) is 0 Å². The fourth-order valence-corrected chi connectivity index (χ4v) is 2.19. The van der Waals surface area contributed by atoms with Gasteiger partial charge in [0.1, 0.15) is 0 Å². The lowest BCUT2D eigenvalue weighted by Crippen LogP contribution is -2.16. The molecule has 0 atom stereocenters. The maximum Gasteiger partial charge on any atom is 0.0408 e. The average Bonchev–Trinajstić information content (AvgIpc) is 2.63. The highest BCUT2D eigenvalue weighted by atomic mass is 15.2. The van der Waals surface area contributed by atoms with E-state index in [-0.39, 0.29) is 5.41 Å². The van der Waals surface area contributed by atoms with Crippen molar-refractivity contribution in [1.82, 2.24) is 0 Å². The monoisotopic (exact) mass is 215 g/mol. The maximum atomic E-state index is 4.11. The zero-order valence-electron chi connectivity index (χ0n) is 10.6. The fraction of sp³-hybridized carbons (Fsp3) is 0.467. The van der Waals surface area contributed by atoms with Gasteiger partial charge < -0.3 is 4.90 Å². The largest absolute Gasteiger partial charge is 0.346 e. The standard InChI is InChI=1S/C15H21N/c1-12-6-5-11-16(12)14-9-7-13(8-10-14)15(2,3)4/h7-10H,1,5-6,11H2,2-4H3. The quantitative estimate of drug-likeness (QED) is 0.681. The van der Waals surface area contributed by atoms with Gasteiger partial charge in [-0.15, -0.1) is 0 Å². The first-order valence-corrected chi connectivity index (χ1v) is 6.04. The summed E-state index contributed by atoms with van der Waals surface area (Å²) < 4.78 is 0. The zero-order valence-corrected chi connectivity index (χ0v) is 10.6. The van der Waals surface area contributed by atoms with Gasteiger partial charge in [0.05, 0.1) is 0 Å². The lowest BCUT2D eigenvalue weighted by molar-refractivity contribution is 0.590. The first kappa shape index (κ1) is 11.3. The second kappa shape index (κ2) is 3.97. The Bertz CT molecular complexity index is 381. The number of rotatable bonds is 1. The topological polar surface area (TPSA) is 3.24 Å². The van der Waals surface area contributed by atoms with Crippen LogP contribution in [0.3, 0.4) is 0 Å². The summed E-state index contributed by atoms with van der Waals surface area (Å²) in [6, 6.07) is 8.91. The van der Waals surface area contributed by atoms with Crippen LogP contribution in [0.25, 0.3) is 0 Å². The maximum absolute atomic E-state index is 4.11. The highest BCUT2D eigenvalue weighted by Gasteiger charge is 2.18. The Balaban J connectivity index is 2.22. The van der Waals surface area contributed by atoms with Crippen molar-refractivity contribution in [2.45, 2.75) is 39.0 Å². The molecule has 1 fully saturated rings. The molecule has 0 unspecified atom stereocenters. The van der Waals surface area contributed by atoms with Crippen molar-refractivity contribution in [2.24, 2.45) is 0 Å². The van der Waals surface area contributed by atoms with Gasteiger partial charge in [-0.05, 0) is 36.0 Å². The van der Waals surface area contributed by atoms with Crippen molar-refractivity contribution in [3.8, 4) is 0 Å². The van der Waals surface area contributed by atoms with Crippen LogP contribution in [-0.2, 0) is 5.41 Å². The molecule has 1 aromatic rings. The molecule has 1 aliphatic heterocycles. The number of nitrogens with zero attached hydrogens (tertiary/aromatic N) is 1. The first-order valence-electron chi connectivity index (χ1n) is 6.04. The molecule has 0 amide bonds. The van der Waals surface area contributed by atoms with Gasteiger partial charge in [0.25, 0.3) is 0 Å². The van der Waals surface area contributed by atoms with Crippen LogP contribution in [-0.4, -0.2) is 6.54 Å². The minimum Gasteiger partial charge on any atom is -0.346 e. The summed E-state index contributed by atoms with van der Waals surface area (Å²) in [5.74, 6) is 0. The summed E-state index contributed by atoms with van der Waals surface area (Å²) >= 11 is 0. The van der Waals surface area contributed by atoms with Crippen LogP contribution in [0.1, 0.15) is 39.2 Å². The Kier molecular flexibility index (Phi) is 2.79. The summed E-state index contributed by atoms with van der Waals surface area (Å²) in [7, 11) is 0. The second-order valence-corrected chi connectivity index (χ2v) is 5.62. The van der Waals surface area contributed by atoms with Gasteiger partial charge in [-0.1, -0.05) is 39.5 Å². The predicted octanol–water partition coefficient (Wildman–Crippen LogP) is 4.10. The average molecular weight is 215 g/mol. The molecular weight excluding hydrogens is 194 g/mol. The lowest BCUT2D eigenvalue weighted by Gasteiger charge is -2.23. The van der Waals surface area contributed by atoms with Crippen molar-refractivity contribution in [1.29, 1.82) is 0 Å². The molecular formula is C15H21N. The summed E-state index contributed by atoms with van der Waals surface area (Å²) in [6.07, 6.45) is 2.38. The third-order valence-corrected chi connectivity index (χ3v) is 3.27. The van der Waals surface area contributed by atoms with Crippen molar-refractivity contribution in [2.75, 3.05) is 11.4 Å². The molecule has 0 aromatic heterocycles. The molecule has 1 aliphatic rings. The van der Waals surface area contributed by atoms with Crippen LogP contribution in [0, 0.1) is 0 Å². The van der Waals surface area contributed by atoms with Gasteiger partial charge in [0.2, 0.25) is 0 Å². The molecule has 0 N–H and O–H groups in total. The fourth-order valence-electron chi connectivity index (χ4n) is 2.19. The van der Waals surface area contributed by atoms with E-state index in [0.29, 0.717) is 0 Å². The van der Waals surface area contributed by atoms with E-state index in [1.807, 2.05) is 0 Å². The van der Waals surface area contributed by atoms with Gasteiger partial charge in [-0.3, -0.25) is 0 Å². The second-order valence-electron chi connectivity index (χ2n) is 5.62. The molecule has 0 spiro atoms. The van der Waals surface area contributed by atoms with E-state index in [9.17, 15) is 0 Å². The van der Waals surface area contributed by atoms with Gasteiger partial charge in [-0.2, -0.15) is 0 Å². The number of hydrogen-bond acceptors (Lipinski definition) is 1. The van der Waals surface area contributed by atoms with E-state index >= 15 is 0 Å². The highest BCUT2D eigenvalue weighted by Crippen LogP contribution is 2.29. The van der Waals surface area contributed by atoms with E-state index < -0.39 is 0 Å². The lowest BCUT2D eigenvalue weighted by atomic mass is 9.87. The molecule has 86 valence electrons. The third-order valence-electron chi connectivity index (χ3n) is 3.27. The van der Waals surface area contributed by atoms with Crippen LogP contribution in [0.15, 0.2) is 36.5 Å². The molecule has 1 nitrogen and oxygen atoms in total. The first-order chi connectivity index (χ1) is 7.48. The highest BCUT2D eigenvalue weighted by molar-refractivity contribution is 5.54. The Morgan fingerprint density at radius 3 is 2.19 bits per heavy atom. The molecule has 1 aromatic carbocycles. The third kappa shape index (κ3) is 2.13. The molecule has 0 saturated carbocycles. The minimum atomic E-state index is 0.237. The molecule has 2 rings (SSSR count). The number of allylic oxidation sites excluding steroid dienone is 1. The van der Waals surface area contributed by atoms with Crippen molar-refractivity contribution >= 4 is 5.69 Å². The van der Waals surface area contributed by atoms with Gasteiger partial charge in [-0.25, -0.2) is 0 Å². The Morgan fingerprint density at radius 2 is 1.75 bits per heavy atom. The molecule has 16 heavy (non-hydrogen) atoms. The summed E-state index contributed by atoms with van der Waals surface area (Å²) in [6.45, 7) is 12.0. The zero-order chi connectivity index (χ0) is 11.8. The molecule has 1 heterocycles. The normalized spacial score (nSPS) is 16.9. The van der Waals surface area contributed by atoms with Crippen LogP contribution < -0.4 is 4.90 Å². The van der Waals surface area contributed by atoms with Gasteiger partial charge in [0, 0.05) is 17.9 Å². The summed E-state index contributed by atoms with van der Waals surface area (Å²) in [4.78, 5) is 2.33. The van der Waals surface area contributed by atoms with Crippen molar-refractivity contribution < 1.29 is 0 Å². The SMILES string of the molecule is C=C1CCCN1c1ccc(C(C)(C)C)cc1. The summed E-state index contributed by atoms with van der Waals surface area (Å²) in [5, 5.41) is 0. The van der Waals surface area contributed by atoms with E-state index in [1.54, 1.807) is 0 Å². The minimum absolute atomic E-state index is 0.237. The van der Waals surface area contributed by atoms with E-state index in [4.69, 9.17) is 0 Å². The number of anilines is 1. The van der Waals surface area contributed by atoms with Gasteiger partial charge >= 0.3 is 0 Å². The smallest absolute Gasteiger partial charge is 0.0408 e. The molecule has 0 aliphatic carbocycles. The Morgan fingerprint density at radius 1 is 1.12 bits per heavy atom. The predicted molar refractivity (Wildman–Crippen MR) is 70.9 cm³/mol. The Hall–Kier alpha value is -1.24. The van der Waals surface area contributed by atoms with Crippen LogP contribution in [0.5, 0.6) is 0 Å². The van der Waals surface area contributed by atoms with Crippen molar-refractivity contribution in [3.05, 3.63) is 42.1 Å². The molecule has 1 saturated heterocycles. The molecule has 0 bridgehead atoms. The Labute approximate surface area is 98.8 Å². The van der Waals surface area contributed by atoms with Crippen molar-refractivity contribution in [3.63, 3.8) is 0 Å². The number of hydrogen-bond donors (Lipinski definition) is 0. The molecule has 1 heteroatoms. The van der Waals surface area contributed by atoms with Crippen LogP contribution in [0.4, 0.5) is 5.69 Å². The summed E-state index contributed by atoms with van der Waals surface area (Å²) in [5.41, 5.74) is 4.17. The van der Waals surface area contributed by atoms with E-state index in [2.05, 4.69) is 56.5 Å². The van der Waals surface area contributed by atoms with E-state index in [0.717, 1.165) is 13.0 Å². The molecule has 0 radical (unpaired) electrons. The van der Waals surface area contributed by atoms with E-state index in [1.165, 1.54) is 23.4 Å². The number of benzene rings is 1. The van der Waals surface area contributed by atoms with Crippen LogP contribution in [0.2, 0.25) is 0 Å².